The number of nitrogens with zero attached hydrogens (tertiary/aromatic N) is 4. The second-order valence-electron chi connectivity index (χ2n) is 7.28. The Balaban J connectivity index is 1.16. The summed E-state index contributed by atoms with van der Waals surface area (Å²) in [5, 5.41) is 4.22. The highest BCUT2D eigenvalue weighted by atomic mass is 32.2. The molecule has 0 aliphatic carbocycles. The van der Waals surface area contributed by atoms with E-state index in [-0.39, 0.29) is 6.09 Å². The van der Waals surface area contributed by atoms with Crippen LogP contribution in [0.3, 0.4) is 0 Å². The molecule has 0 saturated carbocycles. The van der Waals surface area contributed by atoms with Gasteiger partial charge in [-0.2, -0.15) is 0 Å². The number of aryl methyl sites for hydroxylation is 1. The number of ether oxygens (including phenoxy) is 1. The van der Waals surface area contributed by atoms with Crippen molar-refractivity contribution in [3.8, 4) is 5.75 Å². The molecule has 1 amide bonds. The molecule has 162 valence electrons. The summed E-state index contributed by atoms with van der Waals surface area (Å²) in [6.45, 7) is 4.11. The Morgan fingerprint density at radius 2 is 1.84 bits per heavy atom. The molecule has 0 atom stereocenters. The van der Waals surface area contributed by atoms with Crippen LogP contribution in [0.15, 0.2) is 65.3 Å². The van der Waals surface area contributed by atoms with Crippen LogP contribution in [0, 0.1) is 0 Å². The minimum Gasteiger partial charge on any atom is -0.410 e. The number of hydrogen-bond acceptors (Lipinski definition) is 7. The summed E-state index contributed by atoms with van der Waals surface area (Å²) < 4.78 is 5.58. The largest absolute Gasteiger partial charge is 0.415 e. The normalized spacial score (nSPS) is 14.5. The maximum absolute atomic E-state index is 12.5. The topological polar surface area (TPSA) is 58.6 Å². The summed E-state index contributed by atoms with van der Waals surface area (Å²) in [5.74, 6) is 1.56. The number of aromatic nitrogens is 2. The molecule has 3 heterocycles. The molecule has 0 N–H and O–H groups in total. The van der Waals surface area contributed by atoms with Crippen LogP contribution in [0.5, 0.6) is 5.75 Å². The molecule has 0 unspecified atom stereocenters. The summed E-state index contributed by atoms with van der Waals surface area (Å²) in [5.41, 5.74) is 1.22. The van der Waals surface area contributed by atoms with Crippen molar-refractivity contribution in [2.24, 2.45) is 0 Å². The van der Waals surface area contributed by atoms with Crippen molar-refractivity contribution < 1.29 is 9.53 Å². The number of rotatable bonds is 8. The molecule has 1 aromatic carbocycles. The van der Waals surface area contributed by atoms with E-state index in [0.29, 0.717) is 18.8 Å². The lowest BCUT2D eigenvalue weighted by molar-refractivity contribution is 0.111. The molecule has 1 aliphatic heterocycles. The summed E-state index contributed by atoms with van der Waals surface area (Å²) in [4.78, 5) is 25.3. The summed E-state index contributed by atoms with van der Waals surface area (Å²) in [6.07, 6.45) is 5.31. The first-order valence-corrected chi connectivity index (χ1v) is 12.3. The van der Waals surface area contributed by atoms with Gasteiger partial charge in [-0.3, -0.25) is 4.90 Å². The third-order valence-corrected chi connectivity index (χ3v) is 6.95. The van der Waals surface area contributed by atoms with Crippen LogP contribution in [0.4, 0.5) is 4.79 Å². The highest BCUT2D eigenvalue weighted by Gasteiger charge is 2.22. The minimum atomic E-state index is -0.266. The van der Waals surface area contributed by atoms with Crippen molar-refractivity contribution in [2.45, 2.75) is 17.9 Å². The van der Waals surface area contributed by atoms with Crippen molar-refractivity contribution in [3.63, 3.8) is 0 Å². The van der Waals surface area contributed by atoms with Crippen molar-refractivity contribution in [1.82, 2.24) is 19.8 Å². The number of benzene rings is 1. The van der Waals surface area contributed by atoms with E-state index in [2.05, 4.69) is 14.9 Å². The zero-order chi connectivity index (χ0) is 21.3. The van der Waals surface area contributed by atoms with E-state index in [1.54, 1.807) is 28.0 Å². The molecule has 3 aromatic rings. The lowest BCUT2D eigenvalue weighted by Crippen LogP contribution is -2.49. The number of piperazine rings is 1. The van der Waals surface area contributed by atoms with E-state index >= 15 is 0 Å². The number of thioether (sulfide) groups is 1. The molecular formula is C23H26N4O2S2. The lowest BCUT2D eigenvalue weighted by atomic mass is 10.2. The van der Waals surface area contributed by atoms with E-state index in [1.807, 2.05) is 60.2 Å². The molecule has 4 rings (SSSR count). The third kappa shape index (κ3) is 6.78. The van der Waals surface area contributed by atoms with Gasteiger partial charge in [-0.1, -0.05) is 18.2 Å². The lowest BCUT2D eigenvalue weighted by Gasteiger charge is -2.33. The molecular weight excluding hydrogens is 428 g/mol. The summed E-state index contributed by atoms with van der Waals surface area (Å²) in [7, 11) is 0. The average molecular weight is 455 g/mol. The van der Waals surface area contributed by atoms with Gasteiger partial charge in [0.05, 0.1) is 10.0 Å². The van der Waals surface area contributed by atoms with Crippen molar-refractivity contribution in [3.05, 3.63) is 70.8 Å². The van der Waals surface area contributed by atoms with Gasteiger partial charge in [0.15, 0.2) is 0 Å². The van der Waals surface area contributed by atoms with Crippen LogP contribution in [-0.4, -0.2) is 64.3 Å². The zero-order valence-corrected chi connectivity index (χ0v) is 19.0. The monoisotopic (exact) mass is 454 g/mol. The minimum absolute atomic E-state index is 0.266. The van der Waals surface area contributed by atoms with Gasteiger partial charge >= 0.3 is 6.09 Å². The van der Waals surface area contributed by atoms with Crippen LogP contribution < -0.4 is 4.74 Å². The third-order valence-electron chi connectivity index (χ3n) is 5.16. The highest BCUT2D eigenvalue weighted by molar-refractivity contribution is 7.99. The molecule has 0 radical (unpaired) electrons. The highest BCUT2D eigenvalue weighted by Crippen LogP contribution is 2.19. The first-order valence-electron chi connectivity index (χ1n) is 10.5. The molecule has 1 saturated heterocycles. The van der Waals surface area contributed by atoms with Gasteiger partial charge in [0.25, 0.3) is 0 Å². The first-order chi connectivity index (χ1) is 15.3. The Morgan fingerprint density at radius 1 is 1.00 bits per heavy atom. The fraction of sp³-hybridized carbons (Fsp3) is 0.348. The Bertz CT molecular complexity index is 928. The second kappa shape index (κ2) is 11.3. The van der Waals surface area contributed by atoms with Crippen LogP contribution in [0.25, 0.3) is 0 Å². The second-order valence-corrected chi connectivity index (χ2v) is 9.38. The SMILES string of the molecule is O=C(Oc1ccc(CCSc2ccccn2)cc1)N1CCN(CCc2nccs2)CC1. The number of pyridine rings is 1. The van der Waals surface area contributed by atoms with E-state index in [1.165, 1.54) is 10.6 Å². The van der Waals surface area contributed by atoms with Crippen LogP contribution in [0.1, 0.15) is 10.6 Å². The maximum Gasteiger partial charge on any atom is 0.415 e. The van der Waals surface area contributed by atoms with Crippen LogP contribution in [-0.2, 0) is 12.8 Å². The quantitative estimate of drug-likeness (QED) is 0.475. The standard InChI is InChI=1S/C23H26N4O2S2/c28-23(27-15-13-26(14-16-27)12-8-22-25-11-18-31-22)29-20-6-4-19(5-7-20)9-17-30-21-3-1-2-10-24-21/h1-7,10-11,18H,8-9,12-17H2. The van der Waals surface area contributed by atoms with Gasteiger partial charge in [-0.05, 0) is 36.2 Å². The fourth-order valence-electron chi connectivity index (χ4n) is 3.38. The predicted molar refractivity (Wildman–Crippen MR) is 125 cm³/mol. The molecule has 8 heteroatoms. The van der Waals surface area contributed by atoms with Crippen molar-refractivity contribution in [2.75, 3.05) is 38.5 Å². The van der Waals surface area contributed by atoms with Gasteiger partial charge in [0.2, 0.25) is 0 Å². The fourth-order valence-corrected chi connectivity index (χ4v) is 4.85. The Labute approximate surface area is 191 Å². The summed E-state index contributed by atoms with van der Waals surface area (Å²) >= 11 is 3.44. The Hall–Kier alpha value is -2.42. The molecule has 0 spiro atoms. The zero-order valence-electron chi connectivity index (χ0n) is 17.4. The van der Waals surface area contributed by atoms with Gasteiger partial charge in [-0.25, -0.2) is 14.8 Å². The maximum atomic E-state index is 12.5. The first kappa shape index (κ1) is 21.8. The van der Waals surface area contributed by atoms with Gasteiger partial charge in [0.1, 0.15) is 5.75 Å². The number of carbonyl (C=O) groups excluding carboxylic acids is 1. The van der Waals surface area contributed by atoms with Gasteiger partial charge in [-0.15, -0.1) is 23.1 Å². The molecule has 1 aliphatic rings. The molecule has 1 fully saturated rings. The van der Waals surface area contributed by atoms with E-state index in [4.69, 9.17) is 4.74 Å². The molecule has 2 aromatic heterocycles. The Kier molecular flexibility index (Phi) is 7.93. The van der Waals surface area contributed by atoms with E-state index in [0.717, 1.165) is 43.3 Å². The van der Waals surface area contributed by atoms with E-state index < -0.39 is 0 Å². The molecule has 0 bridgehead atoms. The molecule has 31 heavy (non-hydrogen) atoms. The van der Waals surface area contributed by atoms with Gasteiger partial charge < -0.3 is 9.64 Å². The van der Waals surface area contributed by atoms with Crippen LogP contribution >= 0.6 is 23.1 Å². The number of amides is 1. The van der Waals surface area contributed by atoms with E-state index in [9.17, 15) is 4.79 Å². The summed E-state index contributed by atoms with van der Waals surface area (Å²) in [6, 6.07) is 13.8. The smallest absolute Gasteiger partial charge is 0.410 e. The van der Waals surface area contributed by atoms with Crippen molar-refractivity contribution in [1.29, 1.82) is 0 Å². The van der Waals surface area contributed by atoms with Crippen LogP contribution in [0.2, 0.25) is 0 Å². The average Bonchev–Trinajstić information content (AvgIpc) is 3.34. The number of thiazole rings is 1. The molecule has 6 nitrogen and oxygen atoms in total. The Morgan fingerprint density at radius 3 is 2.55 bits per heavy atom. The number of carbonyl (C=O) groups is 1. The van der Waals surface area contributed by atoms with Gasteiger partial charge in [0, 0.05) is 62.7 Å². The number of hydrogen-bond donors (Lipinski definition) is 0. The van der Waals surface area contributed by atoms with Crippen molar-refractivity contribution >= 4 is 29.2 Å². The predicted octanol–water partition coefficient (Wildman–Crippen LogP) is 4.23.